The fourth-order valence-corrected chi connectivity index (χ4v) is 2.68. The van der Waals surface area contributed by atoms with Crippen LogP contribution in [-0.4, -0.2) is 41.0 Å². The molecule has 2 aromatic carbocycles. The molecule has 0 aliphatic rings. The third kappa shape index (κ3) is 6.49. The van der Waals surface area contributed by atoms with Crippen LogP contribution in [0.3, 0.4) is 0 Å². The lowest BCUT2D eigenvalue weighted by atomic mass is 10.1. The average molecular weight is 372 g/mol. The summed E-state index contributed by atoms with van der Waals surface area (Å²) in [6, 6.07) is 14.5. The van der Waals surface area contributed by atoms with Gasteiger partial charge in [0.25, 0.3) is 0 Å². The number of nitrogens with one attached hydrogen (secondary N) is 1. The van der Waals surface area contributed by atoms with Crippen LogP contribution < -0.4 is 5.32 Å². The fraction of sp³-hybridized carbons (Fsp3) is 0.333. The summed E-state index contributed by atoms with van der Waals surface area (Å²) in [6.45, 7) is 2.21. The second-order valence-electron chi connectivity index (χ2n) is 6.35. The molecule has 144 valence electrons. The number of benzene rings is 2. The molecule has 2 rings (SSSR count). The number of carbonyl (C=O) groups excluding carboxylic acids is 2. The minimum absolute atomic E-state index is 0.0130. The Morgan fingerprint density at radius 2 is 1.74 bits per heavy atom. The Hall–Kier alpha value is -2.73. The summed E-state index contributed by atoms with van der Waals surface area (Å²) in [6.07, 6.45) is 0.630. The van der Waals surface area contributed by atoms with Gasteiger partial charge >= 0.3 is 0 Å². The van der Waals surface area contributed by atoms with Crippen molar-refractivity contribution >= 4 is 11.8 Å². The van der Waals surface area contributed by atoms with Gasteiger partial charge in [0, 0.05) is 19.7 Å². The maximum atomic E-state index is 13.2. The van der Waals surface area contributed by atoms with Crippen LogP contribution >= 0.6 is 0 Å². The van der Waals surface area contributed by atoms with Crippen molar-refractivity contribution in [2.24, 2.45) is 0 Å². The van der Waals surface area contributed by atoms with Crippen LogP contribution in [0.1, 0.15) is 24.5 Å². The molecule has 0 aromatic heterocycles. The molecule has 1 atom stereocenters. The molecule has 0 heterocycles. The van der Waals surface area contributed by atoms with Crippen molar-refractivity contribution in [3.8, 4) is 0 Å². The van der Waals surface area contributed by atoms with E-state index < -0.39 is 6.04 Å². The fourth-order valence-electron chi connectivity index (χ4n) is 2.68. The normalized spacial score (nSPS) is 11.7. The Morgan fingerprint density at radius 1 is 1.07 bits per heavy atom. The van der Waals surface area contributed by atoms with Crippen molar-refractivity contribution in [3.05, 3.63) is 71.5 Å². The summed E-state index contributed by atoms with van der Waals surface area (Å²) in [7, 11) is 0. The van der Waals surface area contributed by atoms with Crippen LogP contribution in [0.4, 0.5) is 4.39 Å². The zero-order valence-corrected chi connectivity index (χ0v) is 15.4. The maximum absolute atomic E-state index is 13.2. The summed E-state index contributed by atoms with van der Waals surface area (Å²) in [4.78, 5) is 26.8. The van der Waals surface area contributed by atoms with E-state index in [4.69, 9.17) is 5.11 Å². The van der Waals surface area contributed by atoms with Gasteiger partial charge in [0.1, 0.15) is 11.9 Å². The smallest absolute Gasteiger partial charge is 0.242 e. The Balaban J connectivity index is 2.14. The molecule has 2 amide bonds. The summed E-state index contributed by atoms with van der Waals surface area (Å²) >= 11 is 0. The van der Waals surface area contributed by atoms with Gasteiger partial charge in [-0.05, 0) is 36.6 Å². The molecule has 0 fully saturated rings. The number of aliphatic hydroxyl groups excluding tert-OH is 1. The van der Waals surface area contributed by atoms with E-state index in [0.717, 1.165) is 11.1 Å². The highest BCUT2D eigenvalue weighted by molar-refractivity contribution is 5.88. The number of aliphatic hydroxyl groups is 1. The van der Waals surface area contributed by atoms with E-state index in [9.17, 15) is 14.0 Å². The Labute approximate surface area is 158 Å². The van der Waals surface area contributed by atoms with Crippen molar-refractivity contribution in [2.45, 2.75) is 32.4 Å². The van der Waals surface area contributed by atoms with Crippen molar-refractivity contribution in [3.63, 3.8) is 0 Å². The van der Waals surface area contributed by atoms with E-state index in [1.807, 2.05) is 30.3 Å². The predicted molar refractivity (Wildman–Crippen MR) is 101 cm³/mol. The van der Waals surface area contributed by atoms with Crippen LogP contribution in [0.15, 0.2) is 54.6 Å². The van der Waals surface area contributed by atoms with Gasteiger partial charge in [-0.3, -0.25) is 9.59 Å². The average Bonchev–Trinajstić information content (AvgIpc) is 2.67. The van der Waals surface area contributed by atoms with Crippen molar-refractivity contribution in [2.75, 3.05) is 13.2 Å². The number of nitrogens with zero attached hydrogens (tertiary/aromatic N) is 1. The Bertz CT molecular complexity index is 735. The van der Waals surface area contributed by atoms with Gasteiger partial charge in [-0.2, -0.15) is 0 Å². The van der Waals surface area contributed by atoms with Gasteiger partial charge in [0.15, 0.2) is 0 Å². The van der Waals surface area contributed by atoms with Gasteiger partial charge < -0.3 is 15.3 Å². The minimum Gasteiger partial charge on any atom is -0.396 e. The zero-order valence-electron chi connectivity index (χ0n) is 15.4. The first-order valence-corrected chi connectivity index (χ1v) is 8.97. The molecule has 0 aliphatic carbocycles. The standard InChI is InChI=1S/C21H25FN2O3/c1-16(21(27)23-12-5-13-25)24(15-18-8-10-19(22)11-9-18)20(26)14-17-6-3-2-4-7-17/h2-4,6-11,16,25H,5,12-15H2,1H3,(H,23,27). The van der Waals surface area contributed by atoms with Crippen LogP contribution in [0.5, 0.6) is 0 Å². The highest BCUT2D eigenvalue weighted by Crippen LogP contribution is 2.13. The van der Waals surface area contributed by atoms with Gasteiger partial charge in [-0.25, -0.2) is 4.39 Å². The monoisotopic (exact) mass is 372 g/mol. The lowest BCUT2D eigenvalue weighted by Gasteiger charge is -2.29. The van der Waals surface area contributed by atoms with Crippen LogP contribution in [-0.2, 0) is 22.6 Å². The summed E-state index contributed by atoms with van der Waals surface area (Å²) in [5.74, 6) is -0.821. The SMILES string of the molecule is CC(C(=O)NCCCO)N(Cc1ccc(F)cc1)C(=O)Cc1ccccc1. The number of hydrogen-bond donors (Lipinski definition) is 2. The van der Waals surface area contributed by atoms with Crippen LogP contribution in [0.2, 0.25) is 0 Å². The minimum atomic E-state index is -0.690. The van der Waals surface area contributed by atoms with Gasteiger partial charge in [-0.15, -0.1) is 0 Å². The molecule has 1 unspecified atom stereocenters. The first-order valence-electron chi connectivity index (χ1n) is 8.97. The molecule has 6 heteroatoms. The molecule has 5 nitrogen and oxygen atoms in total. The van der Waals surface area contributed by atoms with E-state index in [1.54, 1.807) is 19.1 Å². The molecule has 0 spiro atoms. The van der Waals surface area contributed by atoms with Crippen LogP contribution in [0, 0.1) is 5.82 Å². The highest BCUT2D eigenvalue weighted by Gasteiger charge is 2.26. The second kappa shape index (κ2) is 10.4. The Morgan fingerprint density at radius 3 is 2.37 bits per heavy atom. The molecule has 2 N–H and O–H groups in total. The highest BCUT2D eigenvalue weighted by atomic mass is 19.1. The molecule has 2 aromatic rings. The van der Waals surface area contributed by atoms with E-state index in [1.165, 1.54) is 17.0 Å². The molecule has 0 radical (unpaired) electrons. The van der Waals surface area contributed by atoms with E-state index in [-0.39, 0.29) is 37.2 Å². The molecule has 0 aliphatic heterocycles. The number of amides is 2. The summed E-state index contributed by atoms with van der Waals surface area (Å²) in [5.41, 5.74) is 1.60. The second-order valence-corrected chi connectivity index (χ2v) is 6.35. The first-order chi connectivity index (χ1) is 13.0. The van der Waals surface area contributed by atoms with Crippen molar-refractivity contribution in [1.29, 1.82) is 0 Å². The van der Waals surface area contributed by atoms with Crippen molar-refractivity contribution in [1.82, 2.24) is 10.2 Å². The van der Waals surface area contributed by atoms with Gasteiger partial charge in [0.05, 0.1) is 6.42 Å². The number of halogens is 1. The molecular weight excluding hydrogens is 347 g/mol. The largest absolute Gasteiger partial charge is 0.396 e. The number of hydrogen-bond acceptors (Lipinski definition) is 3. The quantitative estimate of drug-likeness (QED) is 0.664. The summed E-state index contributed by atoms with van der Waals surface area (Å²) < 4.78 is 13.2. The van der Waals surface area contributed by atoms with Gasteiger partial charge in [0.2, 0.25) is 11.8 Å². The topological polar surface area (TPSA) is 69.6 Å². The number of carbonyl (C=O) groups is 2. The molecule has 0 saturated carbocycles. The number of rotatable bonds is 9. The van der Waals surface area contributed by atoms with E-state index >= 15 is 0 Å². The lowest BCUT2D eigenvalue weighted by Crippen LogP contribution is -2.48. The lowest BCUT2D eigenvalue weighted by molar-refractivity contribution is -0.140. The summed E-state index contributed by atoms with van der Waals surface area (Å²) in [5, 5.41) is 11.6. The molecular formula is C21H25FN2O3. The molecule has 0 bridgehead atoms. The van der Waals surface area contributed by atoms with E-state index in [2.05, 4.69) is 5.32 Å². The maximum Gasteiger partial charge on any atom is 0.242 e. The first kappa shape index (κ1) is 20.6. The molecule has 0 saturated heterocycles. The van der Waals surface area contributed by atoms with E-state index in [0.29, 0.717) is 13.0 Å². The third-order valence-corrected chi connectivity index (χ3v) is 4.27. The van der Waals surface area contributed by atoms with Crippen LogP contribution in [0.25, 0.3) is 0 Å². The Kier molecular flexibility index (Phi) is 7.95. The van der Waals surface area contributed by atoms with Crippen molar-refractivity contribution < 1.29 is 19.1 Å². The zero-order chi connectivity index (χ0) is 19.6. The van der Waals surface area contributed by atoms with Gasteiger partial charge in [-0.1, -0.05) is 42.5 Å². The predicted octanol–water partition coefficient (Wildman–Crippen LogP) is 2.28. The molecule has 27 heavy (non-hydrogen) atoms. The third-order valence-electron chi connectivity index (χ3n) is 4.27.